The number of rotatable bonds is 4. The first-order valence-corrected chi connectivity index (χ1v) is 5.81. The molecule has 0 atom stereocenters. The van der Waals surface area contributed by atoms with Crippen LogP contribution >= 0.6 is 0 Å². The third-order valence-corrected chi connectivity index (χ3v) is 2.56. The number of hydrogen-bond donors (Lipinski definition) is 1. The van der Waals surface area contributed by atoms with Crippen LogP contribution in [-0.4, -0.2) is 22.2 Å². The molecule has 2 rings (SSSR count). The number of carboxylic acids is 1. The molecular weight excluding hydrogens is 246 g/mol. The molecular formula is C14H13NO4. The SMILES string of the molecule is CCOc1cccc(-n2cc(C(=O)O)ccc2=O)c1. The Labute approximate surface area is 109 Å². The van der Waals surface area contributed by atoms with Crippen molar-refractivity contribution in [1.82, 2.24) is 4.57 Å². The van der Waals surface area contributed by atoms with E-state index in [1.165, 1.54) is 22.9 Å². The molecule has 0 saturated heterocycles. The fourth-order valence-electron chi connectivity index (χ4n) is 1.71. The fraction of sp³-hybridized carbons (Fsp3) is 0.143. The lowest BCUT2D eigenvalue weighted by Crippen LogP contribution is -2.18. The van der Waals surface area contributed by atoms with Crippen molar-refractivity contribution < 1.29 is 14.6 Å². The number of aromatic carboxylic acids is 1. The maximum atomic E-state index is 11.8. The van der Waals surface area contributed by atoms with Gasteiger partial charge in [-0.2, -0.15) is 0 Å². The molecule has 0 spiro atoms. The quantitative estimate of drug-likeness (QED) is 0.911. The van der Waals surface area contributed by atoms with Gasteiger partial charge in [0.2, 0.25) is 0 Å². The smallest absolute Gasteiger partial charge is 0.337 e. The summed E-state index contributed by atoms with van der Waals surface area (Å²) in [4.78, 5) is 22.7. The zero-order valence-corrected chi connectivity index (χ0v) is 10.4. The fourth-order valence-corrected chi connectivity index (χ4v) is 1.71. The maximum absolute atomic E-state index is 11.8. The van der Waals surface area contributed by atoms with Crippen LogP contribution in [0, 0.1) is 0 Å². The number of benzene rings is 1. The number of hydrogen-bond acceptors (Lipinski definition) is 3. The normalized spacial score (nSPS) is 10.2. The van der Waals surface area contributed by atoms with Crippen LogP contribution in [-0.2, 0) is 0 Å². The summed E-state index contributed by atoms with van der Waals surface area (Å²) in [5.41, 5.74) is 0.333. The molecule has 0 aliphatic heterocycles. The highest BCUT2D eigenvalue weighted by molar-refractivity contribution is 5.87. The van der Waals surface area contributed by atoms with Gasteiger partial charge in [0.25, 0.3) is 5.56 Å². The Morgan fingerprint density at radius 1 is 1.32 bits per heavy atom. The van der Waals surface area contributed by atoms with E-state index >= 15 is 0 Å². The molecule has 98 valence electrons. The van der Waals surface area contributed by atoms with Gasteiger partial charge in [0.1, 0.15) is 5.75 Å². The minimum absolute atomic E-state index is 0.0569. The summed E-state index contributed by atoms with van der Waals surface area (Å²) in [5.74, 6) is -0.442. The predicted octanol–water partition coefficient (Wildman–Crippen LogP) is 1.93. The minimum Gasteiger partial charge on any atom is -0.494 e. The van der Waals surface area contributed by atoms with Gasteiger partial charge in [0.05, 0.1) is 17.9 Å². The van der Waals surface area contributed by atoms with Gasteiger partial charge >= 0.3 is 5.97 Å². The van der Waals surface area contributed by atoms with Gasteiger partial charge in [-0.15, -0.1) is 0 Å². The minimum atomic E-state index is -1.07. The van der Waals surface area contributed by atoms with Crippen molar-refractivity contribution in [3.8, 4) is 11.4 Å². The summed E-state index contributed by atoms with van der Waals surface area (Å²) >= 11 is 0. The van der Waals surface area contributed by atoms with Gasteiger partial charge in [0.15, 0.2) is 0 Å². The third kappa shape index (κ3) is 2.82. The summed E-state index contributed by atoms with van der Waals surface area (Å²) in [7, 11) is 0. The van der Waals surface area contributed by atoms with Crippen LogP contribution in [0.15, 0.2) is 47.4 Å². The Balaban J connectivity index is 2.51. The summed E-state index contributed by atoms with van der Waals surface area (Å²) in [6.45, 7) is 2.39. The van der Waals surface area contributed by atoms with E-state index in [2.05, 4.69) is 0 Å². The van der Waals surface area contributed by atoms with Crippen LogP contribution in [0.2, 0.25) is 0 Å². The van der Waals surface area contributed by atoms with E-state index in [0.717, 1.165) is 0 Å². The first kappa shape index (κ1) is 12.9. The third-order valence-electron chi connectivity index (χ3n) is 2.56. The number of pyridine rings is 1. The summed E-state index contributed by atoms with van der Waals surface area (Å²) < 4.78 is 6.64. The van der Waals surface area contributed by atoms with Gasteiger partial charge in [-0.05, 0) is 25.1 Å². The first-order chi connectivity index (χ1) is 9.11. The van der Waals surface area contributed by atoms with Crippen LogP contribution in [0.1, 0.15) is 17.3 Å². The largest absolute Gasteiger partial charge is 0.494 e. The molecule has 5 nitrogen and oxygen atoms in total. The number of nitrogens with zero attached hydrogens (tertiary/aromatic N) is 1. The topological polar surface area (TPSA) is 68.5 Å². The average Bonchev–Trinajstić information content (AvgIpc) is 2.39. The molecule has 1 N–H and O–H groups in total. The van der Waals surface area contributed by atoms with Crippen LogP contribution < -0.4 is 10.3 Å². The van der Waals surface area contributed by atoms with Crippen molar-refractivity contribution >= 4 is 5.97 Å². The van der Waals surface area contributed by atoms with Crippen LogP contribution in [0.4, 0.5) is 0 Å². The predicted molar refractivity (Wildman–Crippen MR) is 70.2 cm³/mol. The summed E-state index contributed by atoms with van der Waals surface area (Å²) in [5, 5.41) is 8.95. The number of ether oxygens (including phenoxy) is 1. The lowest BCUT2D eigenvalue weighted by molar-refractivity contribution is 0.0696. The number of carbonyl (C=O) groups is 1. The number of aromatic nitrogens is 1. The molecule has 0 unspecified atom stereocenters. The van der Waals surface area contributed by atoms with Gasteiger partial charge in [-0.25, -0.2) is 4.79 Å². The van der Waals surface area contributed by atoms with Crippen molar-refractivity contribution in [1.29, 1.82) is 0 Å². The summed E-state index contributed by atoms with van der Waals surface area (Å²) in [6.07, 6.45) is 1.30. The molecule has 19 heavy (non-hydrogen) atoms. The van der Waals surface area contributed by atoms with Crippen LogP contribution in [0.25, 0.3) is 5.69 Å². The Bertz CT molecular complexity index is 660. The van der Waals surface area contributed by atoms with Crippen molar-refractivity contribution in [2.75, 3.05) is 6.61 Å². The van der Waals surface area contributed by atoms with E-state index in [1.807, 2.05) is 6.92 Å². The second-order valence-corrected chi connectivity index (χ2v) is 3.86. The van der Waals surface area contributed by atoms with Crippen LogP contribution in [0.3, 0.4) is 0 Å². The standard InChI is InChI=1S/C14H13NO4/c1-2-19-12-5-3-4-11(8-12)15-9-10(14(17)18)6-7-13(15)16/h3-9H,2H2,1H3,(H,17,18). The van der Waals surface area contributed by atoms with Gasteiger partial charge < -0.3 is 9.84 Å². The Morgan fingerprint density at radius 2 is 2.11 bits per heavy atom. The van der Waals surface area contributed by atoms with E-state index < -0.39 is 5.97 Å². The molecule has 0 amide bonds. The molecule has 0 bridgehead atoms. The molecule has 0 aliphatic carbocycles. The molecule has 0 saturated carbocycles. The second-order valence-electron chi connectivity index (χ2n) is 3.86. The van der Waals surface area contributed by atoms with E-state index in [0.29, 0.717) is 18.0 Å². The monoisotopic (exact) mass is 259 g/mol. The van der Waals surface area contributed by atoms with Gasteiger partial charge in [0, 0.05) is 18.3 Å². The maximum Gasteiger partial charge on any atom is 0.337 e. The highest BCUT2D eigenvalue weighted by Gasteiger charge is 2.07. The second kappa shape index (κ2) is 5.39. The highest BCUT2D eigenvalue weighted by Crippen LogP contribution is 2.16. The molecule has 5 heteroatoms. The molecule has 0 fully saturated rings. The average molecular weight is 259 g/mol. The lowest BCUT2D eigenvalue weighted by Gasteiger charge is -2.09. The van der Waals surface area contributed by atoms with Gasteiger partial charge in [-0.3, -0.25) is 9.36 Å². The molecule has 1 aromatic heterocycles. The molecule has 1 heterocycles. The van der Waals surface area contributed by atoms with Crippen molar-refractivity contribution in [2.24, 2.45) is 0 Å². The van der Waals surface area contributed by atoms with Crippen molar-refractivity contribution in [2.45, 2.75) is 6.92 Å². The zero-order chi connectivity index (χ0) is 13.8. The Hall–Kier alpha value is -2.56. The molecule has 0 aliphatic rings. The van der Waals surface area contributed by atoms with Crippen molar-refractivity contribution in [3.05, 3.63) is 58.5 Å². The van der Waals surface area contributed by atoms with Crippen molar-refractivity contribution in [3.63, 3.8) is 0 Å². The van der Waals surface area contributed by atoms with E-state index in [-0.39, 0.29) is 11.1 Å². The Kier molecular flexibility index (Phi) is 3.66. The highest BCUT2D eigenvalue weighted by atomic mass is 16.5. The summed E-state index contributed by atoms with van der Waals surface area (Å²) in [6, 6.07) is 9.45. The van der Waals surface area contributed by atoms with E-state index in [1.54, 1.807) is 24.3 Å². The van der Waals surface area contributed by atoms with E-state index in [4.69, 9.17) is 9.84 Å². The molecule has 0 radical (unpaired) electrons. The lowest BCUT2D eigenvalue weighted by atomic mass is 10.2. The Morgan fingerprint density at radius 3 is 2.79 bits per heavy atom. The van der Waals surface area contributed by atoms with Gasteiger partial charge in [-0.1, -0.05) is 6.07 Å². The molecule has 2 aromatic rings. The molecule has 1 aromatic carbocycles. The number of carboxylic acid groups (broad SMARTS) is 1. The van der Waals surface area contributed by atoms with E-state index in [9.17, 15) is 9.59 Å². The zero-order valence-electron chi connectivity index (χ0n) is 10.4. The van der Waals surface area contributed by atoms with Crippen LogP contribution in [0.5, 0.6) is 5.75 Å². The first-order valence-electron chi connectivity index (χ1n) is 5.81.